The van der Waals surface area contributed by atoms with Crippen LogP contribution in [-0.4, -0.2) is 66.1 Å². The Morgan fingerprint density at radius 2 is 2.09 bits per heavy atom. The molecule has 1 aromatic rings. The van der Waals surface area contributed by atoms with Crippen molar-refractivity contribution in [3.8, 4) is 5.75 Å². The first-order valence-electron chi connectivity index (χ1n) is 7.17. The lowest BCUT2D eigenvalue weighted by Gasteiger charge is -2.59. The molecule has 2 aliphatic rings. The third-order valence-electron chi connectivity index (χ3n) is 3.92. The van der Waals surface area contributed by atoms with Gasteiger partial charge in [0.2, 0.25) is 0 Å². The molecular formula is C13H18BN3O5. The Morgan fingerprint density at radius 1 is 1.36 bits per heavy atom. The number of anilines is 1. The molecule has 0 bridgehead atoms. The SMILES string of the molecule is CCOC(=O)N1CC2(C1)CN(c1ccc(OB(O)O)cn1)C2. The van der Waals surface area contributed by atoms with E-state index in [4.69, 9.17) is 19.4 Å². The van der Waals surface area contributed by atoms with Crippen LogP contribution in [-0.2, 0) is 4.74 Å². The van der Waals surface area contributed by atoms with Gasteiger partial charge >= 0.3 is 13.4 Å². The number of rotatable bonds is 4. The molecule has 0 aliphatic carbocycles. The highest BCUT2D eigenvalue weighted by Gasteiger charge is 2.54. The average molecular weight is 307 g/mol. The molecule has 3 rings (SSSR count). The predicted octanol–water partition coefficient (Wildman–Crippen LogP) is -0.292. The Balaban J connectivity index is 1.49. The zero-order valence-electron chi connectivity index (χ0n) is 12.3. The molecule has 2 fully saturated rings. The first-order valence-corrected chi connectivity index (χ1v) is 7.17. The Morgan fingerprint density at radius 3 is 2.64 bits per heavy atom. The lowest BCUT2D eigenvalue weighted by atomic mass is 9.73. The topological polar surface area (TPSA) is 95.4 Å². The van der Waals surface area contributed by atoms with Crippen LogP contribution in [0.5, 0.6) is 5.75 Å². The van der Waals surface area contributed by atoms with Crippen molar-refractivity contribution in [1.29, 1.82) is 0 Å². The van der Waals surface area contributed by atoms with Crippen molar-refractivity contribution in [3.05, 3.63) is 18.3 Å². The van der Waals surface area contributed by atoms with Crippen LogP contribution in [0.25, 0.3) is 0 Å². The van der Waals surface area contributed by atoms with Gasteiger partial charge in [0.1, 0.15) is 11.6 Å². The Bertz CT molecular complexity index is 539. The molecule has 0 atom stereocenters. The Hall–Kier alpha value is -2.00. The molecule has 2 aliphatic heterocycles. The van der Waals surface area contributed by atoms with Gasteiger partial charge < -0.3 is 29.2 Å². The molecule has 22 heavy (non-hydrogen) atoms. The van der Waals surface area contributed by atoms with Crippen molar-refractivity contribution in [2.24, 2.45) is 5.41 Å². The number of pyridine rings is 1. The largest absolute Gasteiger partial charge is 0.707 e. The number of aromatic nitrogens is 1. The molecule has 8 nitrogen and oxygen atoms in total. The van der Waals surface area contributed by atoms with E-state index in [9.17, 15) is 4.79 Å². The average Bonchev–Trinajstić information content (AvgIpc) is 2.37. The minimum atomic E-state index is -1.84. The van der Waals surface area contributed by atoms with Crippen LogP contribution in [0.3, 0.4) is 0 Å². The summed E-state index contributed by atoms with van der Waals surface area (Å²) in [5.41, 5.74) is 0.158. The second-order valence-electron chi connectivity index (χ2n) is 5.71. The summed E-state index contributed by atoms with van der Waals surface area (Å²) in [7, 11) is -1.84. The van der Waals surface area contributed by atoms with E-state index in [0.717, 1.165) is 32.0 Å². The molecular weight excluding hydrogens is 289 g/mol. The van der Waals surface area contributed by atoms with Crippen LogP contribution in [0, 0.1) is 5.41 Å². The van der Waals surface area contributed by atoms with E-state index in [-0.39, 0.29) is 11.5 Å². The van der Waals surface area contributed by atoms with E-state index in [1.807, 2.05) is 0 Å². The van der Waals surface area contributed by atoms with Crippen LogP contribution < -0.4 is 9.55 Å². The van der Waals surface area contributed by atoms with Gasteiger partial charge in [-0.3, -0.25) is 0 Å². The van der Waals surface area contributed by atoms with E-state index in [2.05, 4.69) is 9.88 Å². The molecule has 1 amide bonds. The van der Waals surface area contributed by atoms with Crippen molar-refractivity contribution in [3.63, 3.8) is 0 Å². The van der Waals surface area contributed by atoms with Crippen LogP contribution in [0.1, 0.15) is 6.92 Å². The number of carbonyl (C=O) groups excluding carboxylic acids is 1. The van der Waals surface area contributed by atoms with Crippen molar-refractivity contribution < 1.29 is 24.2 Å². The maximum atomic E-state index is 11.6. The fourth-order valence-electron chi connectivity index (χ4n) is 2.98. The van der Waals surface area contributed by atoms with Crippen LogP contribution in [0.15, 0.2) is 18.3 Å². The maximum absolute atomic E-state index is 11.6. The number of carbonyl (C=O) groups is 1. The first kappa shape index (κ1) is 14.9. The number of hydrogen-bond acceptors (Lipinski definition) is 7. The van der Waals surface area contributed by atoms with E-state index in [1.165, 1.54) is 6.20 Å². The molecule has 9 heteroatoms. The van der Waals surface area contributed by atoms with Gasteiger partial charge in [-0.25, -0.2) is 9.78 Å². The molecule has 2 saturated heterocycles. The van der Waals surface area contributed by atoms with E-state index < -0.39 is 7.32 Å². The molecule has 0 unspecified atom stereocenters. The van der Waals surface area contributed by atoms with E-state index in [1.54, 1.807) is 24.0 Å². The van der Waals surface area contributed by atoms with Crippen molar-refractivity contribution >= 4 is 19.2 Å². The highest BCUT2D eigenvalue weighted by Crippen LogP contribution is 2.41. The zero-order chi connectivity index (χ0) is 15.7. The van der Waals surface area contributed by atoms with Gasteiger partial charge in [-0.15, -0.1) is 0 Å². The highest BCUT2D eigenvalue weighted by atomic mass is 16.6. The second-order valence-corrected chi connectivity index (χ2v) is 5.71. The summed E-state index contributed by atoms with van der Waals surface area (Å²) in [5.74, 6) is 1.10. The van der Waals surface area contributed by atoms with Gasteiger partial charge in [-0.1, -0.05) is 0 Å². The van der Waals surface area contributed by atoms with Crippen LogP contribution in [0.4, 0.5) is 10.6 Å². The summed E-state index contributed by atoms with van der Waals surface area (Å²) in [6.07, 6.45) is 1.21. The number of hydrogen-bond donors (Lipinski definition) is 2. The summed E-state index contributed by atoms with van der Waals surface area (Å²) in [6.45, 7) is 5.33. The summed E-state index contributed by atoms with van der Waals surface area (Å²) < 4.78 is 9.68. The Kier molecular flexibility index (Phi) is 3.84. The number of ether oxygens (including phenoxy) is 1. The summed E-state index contributed by atoms with van der Waals surface area (Å²) in [5, 5.41) is 17.4. The lowest BCUT2D eigenvalue weighted by molar-refractivity contribution is -0.0196. The zero-order valence-corrected chi connectivity index (χ0v) is 12.3. The van der Waals surface area contributed by atoms with Crippen molar-refractivity contribution in [2.75, 3.05) is 37.7 Å². The minimum Gasteiger partial charge on any atom is -0.511 e. The Labute approximate surface area is 128 Å². The number of amides is 1. The van der Waals surface area contributed by atoms with Crippen molar-refractivity contribution in [1.82, 2.24) is 9.88 Å². The van der Waals surface area contributed by atoms with Crippen LogP contribution >= 0.6 is 0 Å². The second kappa shape index (κ2) is 5.66. The van der Waals surface area contributed by atoms with Crippen molar-refractivity contribution in [2.45, 2.75) is 6.92 Å². The third-order valence-corrected chi connectivity index (χ3v) is 3.92. The highest BCUT2D eigenvalue weighted by molar-refractivity contribution is 6.33. The molecule has 3 heterocycles. The summed E-state index contributed by atoms with van der Waals surface area (Å²) >= 11 is 0. The monoisotopic (exact) mass is 307 g/mol. The van der Waals surface area contributed by atoms with Gasteiger partial charge in [-0.2, -0.15) is 0 Å². The van der Waals surface area contributed by atoms with Gasteiger partial charge in [0.05, 0.1) is 12.8 Å². The predicted molar refractivity (Wildman–Crippen MR) is 78.3 cm³/mol. The maximum Gasteiger partial charge on any atom is 0.707 e. The van der Waals surface area contributed by atoms with Gasteiger partial charge in [0, 0.05) is 31.6 Å². The first-order chi connectivity index (χ1) is 10.5. The minimum absolute atomic E-state index is 0.158. The normalized spacial score (nSPS) is 18.5. The van der Waals surface area contributed by atoms with Crippen LogP contribution in [0.2, 0.25) is 0 Å². The summed E-state index contributed by atoms with van der Waals surface area (Å²) in [6, 6.07) is 3.41. The number of likely N-dealkylation sites (tertiary alicyclic amines) is 1. The van der Waals surface area contributed by atoms with Gasteiger partial charge in [-0.05, 0) is 19.1 Å². The summed E-state index contributed by atoms with van der Waals surface area (Å²) in [4.78, 5) is 19.6. The quantitative estimate of drug-likeness (QED) is 0.738. The molecule has 0 radical (unpaired) electrons. The molecule has 2 N–H and O–H groups in total. The van der Waals surface area contributed by atoms with E-state index >= 15 is 0 Å². The van der Waals surface area contributed by atoms with E-state index in [0.29, 0.717) is 12.4 Å². The molecule has 1 spiro atoms. The molecule has 0 aromatic carbocycles. The molecule has 118 valence electrons. The molecule has 1 aromatic heterocycles. The number of nitrogens with zero attached hydrogens (tertiary/aromatic N) is 3. The third kappa shape index (κ3) is 2.82. The lowest BCUT2D eigenvalue weighted by Crippen LogP contribution is -2.73. The fourth-order valence-corrected chi connectivity index (χ4v) is 2.98. The van der Waals surface area contributed by atoms with Gasteiger partial charge in [0.15, 0.2) is 0 Å². The van der Waals surface area contributed by atoms with Gasteiger partial charge in [0.25, 0.3) is 0 Å². The smallest absolute Gasteiger partial charge is 0.511 e. The standard InChI is InChI=1S/C13H18BN3O5/c1-2-21-12(18)17-8-13(9-17)6-16(7-13)11-4-3-10(5-15-11)22-14(19)20/h3-5,19-20H,2,6-9H2,1H3. The fraction of sp³-hybridized carbons (Fsp3) is 0.538. The molecule has 0 saturated carbocycles.